The fourth-order valence-electron chi connectivity index (χ4n) is 1.93. The monoisotopic (exact) mass is 264 g/mol. The van der Waals surface area contributed by atoms with Gasteiger partial charge in [-0.3, -0.25) is 4.79 Å². The number of halogens is 2. The minimum absolute atomic E-state index is 0.287. The Labute approximate surface area is 104 Å². The number of nitrogens with zero attached hydrogens (tertiary/aromatic N) is 2. The Kier molecular flexibility index (Phi) is 4.48. The molecule has 1 N–H and O–H groups in total. The first kappa shape index (κ1) is 14.7. The summed E-state index contributed by atoms with van der Waals surface area (Å²) >= 11 is 0. The number of alkyl halides is 2. The van der Waals surface area contributed by atoms with Crippen LogP contribution in [0.4, 0.5) is 13.6 Å². The fraction of sp³-hybridized carbons (Fsp3) is 0.818. The maximum atomic E-state index is 12.2. The van der Waals surface area contributed by atoms with E-state index in [2.05, 4.69) is 0 Å². The van der Waals surface area contributed by atoms with Crippen LogP contribution in [0.5, 0.6) is 0 Å². The molecule has 104 valence electrons. The highest BCUT2D eigenvalue weighted by Crippen LogP contribution is 2.31. The van der Waals surface area contributed by atoms with Crippen LogP contribution >= 0.6 is 0 Å². The van der Waals surface area contributed by atoms with Crippen molar-refractivity contribution in [3.63, 3.8) is 0 Å². The average Bonchev–Trinajstić information content (AvgIpc) is 2.28. The van der Waals surface area contributed by atoms with Crippen molar-refractivity contribution in [2.45, 2.75) is 26.2 Å². The molecule has 1 rings (SSSR count). The van der Waals surface area contributed by atoms with E-state index >= 15 is 0 Å². The number of hydrogen-bond acceptors (Lipinski definition) is 2. The molecule has 0 unspecified atom stereocenters. The normalized spacial score (nSPS) is 18.8. The van der Waals surface area contributed by atoms with Gasteiger partial charge in [0.1, 0.15) is 0 Å². The topological polar surface area (TPSA) is 60.9 Å². The molecule has 18 heavy (non-hydrogen) atoms. The van der Waals surface area contributed by atoms with Gasteiger partial charge in [0.15, 0.2) is 0 Å². The maximum absolute atomic E-state index is 12.2. The van der Waals surface area contributed by atoms with Gasteiger partial charge in [-0.1, -0.05) is 0 Å². The zero-order valence-corrected chi connectivity index (χ0v) is 10.5. The lowest BCUT2D eigenvalue weighted by Crippen LogP contribution is -2.49. The Balaban J connectivity index is 2.52. The van der Waals surface area contributed by atoms with Gasteiger partial charge in [0.2, 0.25) is 0 Å². The molecule has 0 aliphatic carbocycles. The summed E-state index contributed by atoms with van der Waals surface area (Å²) in [5, 5.41) is 9.04. The van der Waals surface area contributed by atoms with E-state index in [0.717, 1.165) is 4.90 Å². The van der Waals surface area contributed by atoms with Gasteiger partial charge in [-0.2, -0.15) is 0 Å². The number of amides is 2. The van der Waals surface area contributed by atoms with Crippen LogP contribution in [0.2, 0.25) is 0 Å². The third-order valence-electron chi connectivity index (χ3n) is 3.39. The Morgan fingerprint density at radius 2 is 1.89 bits per heavy atom. The maximum Gasteiger partial charge on any atom is 0.319 e. The number of carboxylic acids is 1. The van der Waals surface area contributed by atoms with Gasteiger partial charge in [-0.25, -0.2) is 13.6 Å². The van der Waals surface area contributed by atoms with Gasteiger partial charge in [-0.15, -0.1) is 0 Å². The van der Waals surface area contributed by atoms with E-state index < -0.39 is 30.4 Å². The molecule has 2 amide bonds. The number of hydrogen-bond donors (Lipinski definition) is 1. The number of carbonyl (C=O) groups excluding carboxylic acids is 1. The molecule has 7 heteroatoms. The minimum atomic E-state index is -2.56. The molecule has 0 bridgehead atoms. The highest BCUT2D eigenvalue weighted by molar-refractivity contribution is 5.77. The van der Waals surface area contributed by atoms with Gasteiger partial charge in [0.05, 0.1) is 12.0 Å². The molecule has 0 spiro atoms. The molecule has 0 aromatic rings. The van der Waals surface area contributed by atoms with E-state index in [4.69, 9.17) is 5.11 Å². The van der Waals surface area contributed by atoms with E-state index in [1.54, 1.807) is 6.92 Å². The van der Waals surface area contributed by atoms with Gasteiger partial charge in [0.25, 0.3) is 6.43 Å². The van der Waals surface area contributed by atoms with Crippen LogP contribution in [0, 0.1) is 5.41 Å². The first-order valence-corrected chi connectivity index (χ1v) is 5.78. The van der Waals surface area contributed by atoms with Gasteiger partial charge in [-0.05, 0) is 19.8 Å². The first-order valence-electron chi connectivity index (χ1n) is 5.78. The summed E-state index contributed by atoms with van der Waals surface area (Å²) in [6.45, 7) is 1.61. The molecule has 0 atom stereocenters. The molecule has 0 aromatic heterocycles. The number of carboxylic acid groups (broad SMARTS) is 1. The van der Waals surface area contributed by atoms with Crippen molar-refractivity contribution >= 4 is 12.0 Å². The average molecular weight is 264 g/mol. The second-order valence-corrected chi connectivity index (χ2v) is 4.91. The Morgan fingerprint density at radius 1 is 1.39 bits per heavy atom. The van der Waals surface area contributed by atoms with Crippen molar-refractivity contribution in [2.75, 3.05) is 26.7 Å². The number of aliphatic carboxylic acids is 1. The summed E-state index contributed by atoms with van der Waals surface area (Å²) in [4.78, 5) is 25.2. The summed E-state index contributed by atoms with van der Waals surface area (Å²) in [7, 11) is 1.32. The van der Waals surface area contributed by atoms with Crippen molar-refractivity contribution in [1.82, 2.24) is 9.80 Å². The lowest BCUT2D eigenvalue weighted by Gasteiger charge is -2.38. The summed E-state index contributed by atoms with van der Waals surface area (Å²) in [5.41, 5.74) is -0.821. The zero-order chi connectivity index (χ0) is 13.9. The van der Waals surface area contributed by atoms with Crippen LogP contribution in [0.1, 0.15) is 19.8 Å². The predicted molar refractivity (Wildman–Crippen MR) is 60.6 cm³/mol. The zero-order valence-electron chi connectivity index (χ0n) is 10.5. The fourth-order valence-corrected chi connectivity index (χ4v) is 1.93. The lowest BCUT2D eigenvalue weighted by molar-refractivity contribution is -0.150. The van der Waals surface area contributed by atoms with Crippen LogP contribution < -0.4 is 0 Å². The SMILES string of the molecule is CN(CC(F)F)C(=O)N1CCC(C)(C(=O)O)CC1. The number of likely N-dealkylation sites (tertiary alicyclic amines) is 1. The Hall–Kier alpha value is -1.40. The molecule has 1 fully saturated rings. The predicted octanol–water partition coefficient (Wildman–Crippen LogP) is 1.49. The van der Waals surface area contributed by atoms with Gasteiger partial charge < -0.3 is 14.9 Å². The van der Waals surface area contributed by atoms with E-state index in [1.165, 1.54) is 11.9 Å². The second-order valence-electron chi connectivity index (χ2n) is 4.91. The van der Waals surface area contributed by atoms with Crippen molar-refractivity contribution in [3.05, 3.63) is 0 Å². The first-order chi connectivity index (χ1) is 8.26. The van der Waals surface area contributed by atoms with Crippen molar-refractivity contribution < 1.29 is 23.5 Å². The largest absolute Gasteiger partial charge is 0.481 e. The smallest absolute Gasteiger partial charge is 0.319 e. The summed E-state index contributed by atoms with van der Waals surface area (Å²) < 4.78 is 24.3. The highest BCUT2D eigenvalue weighted by atomic mass is 19.3. The quantitative estimate of drug-likeness (QED) is 0.840. The van der Waals surface area contributed by atoms with E-state index in [-0.39, 0.29) is 13.1 Å². The standard InChI is InChI=1S/C11H18F2N2O3/c1-11(9(16)17)3-5-15(6-4-11)10(18)14(2)7-8(12)13/h8H,3-7H2,1-2H3,(H,16,17). The molecule has 1 aliphatic heterocycles. The van der Waals surface area contributed by atoms with E-state index in [1.807, 2.05) is 0 Å². The molecule has 5 nitrogen and oxygen atoms in total. The third-order valence-corrected chi connectivity index (χ3v) is 3.39. The van der Waals surface area contributed by atoms with Crippen LogP contribution in [0.25, 0.3) is 0 Å². The third kappa shape index (κ3) is 3.30. The molecule has 0 saturated carbocycles. The molecule has 1 aliphatic rings. The highest BCUT2D eigenvalue weighted by Gasteiger charge is 2.38. The lowest BCUT2D eigenvalue weighted by atomic mass is 9.80. The minimum Gasteiger partial charge on any atom is -0.481 e. The number of carbonyl (C=O) groups is 2. The summed E-state index contributed by atoms with van der Waals surface area (Å²) in [5.74, 6) is -0.879. The van der Waals surface area contributed by atoms with Crippen molar-refractivity contribution in [1.29, 1.82) is 0 Å². The molecule has 1 saturated heterocycles. The van der Waals surface area contributed by atoms with Crippen LogP contribution in [-0.4, -0.2) is 60.0 Å². The number of rotatable bonds is 3. The van der Waals surface area contributed by atoms with Crippen LogP contribution in [-0.2, 0) is 4.79 Å². The van der Waals surface area contributed by atoms with Crippen LogP contribution in [0.3, 0.4) is 0 Å². The summed E-state index contributed by atoms with van der Waals surface area (Å²) in [6, 6.07) is -0.470. The van der Waals surface area contributed by atoms with E-state index in [0.29, 0.717) is 12.8 Å². The van der Waals surface area contributed by atoms with E-state index in [9.17, 15) is 18.4 Å². The molecule has 0 aromatic carbocycles. The second kappa shape index (κ2) is 5.49. The Bertz CT molecular complexity index is 328. The van der Waals surface area contributed by atoms with Crippen molar-refractivity contribution in [3.8, 4) is 0 Å². The van der Waals surface area contributed by atoms with Gasteiger partial charge >= 0.3 is 12.0 Å². The van der Waals surface area contributed by atoms with Gasteiger partial charge in [0, 0.05) is 20.1 Å². The van der Waals surface area contributed by atoms with Crippen molar-refractivity contribution in [2.24, 2.45) is 5.41 Å². The van der Waals surface area contributed by atoms with Crippen LogP contribution in [0.15, 0.2) is 0 Å². The Morgan fingerprint density at radius 3 is 2.28 bits per heavy atom. The molecule has 1 heterocycles. The molecular formula is C11H18F2N2O3. The molecular weight excluding hydrogens is 246 g/mol. The number of urea groups is 1. The number of piperidine rings is 1. The summed E-state index contributed by atoms with van der Waals surface area (Å²) in [6.07, 6.45) is -1.87. The molecule has 0 radical (unpaired) electrons.